The van der Waals surface area contributed by atoms with Crippen LogP contribution in [-0.2, 0) is 4.43 Å². The molecule has 1 aliphatic rings. The monoisotopic (exact) mass is 196 g/mol. The van der Waals surface area contributed by atoms with Crippen molar-refractivity contribution in [1.29, 1.82) is 0 Å². The van der Waals surface area contributed by atoms with Gasteiger partial charge in [0.15, 0.2) is 8.32 Å². The van der Waals surface area contributed by atoms with Crippen LogP contribution >= 0.6 is 0 Å². The third-order valence-corrected chi connectivity index (χ3v) is 5.63. The van der Waals surface area contributed by atoms with Gasteiger partial charge in [0, 0.05) is 11.6 Å². The van der Waals surface area contributed by atoms with Crippen LogP contribution in [0.3, 0.4) is 0 Å². The summed E-state index contributed by atoms with van der Waals surface area (Å²) in [4.78, 5) is 0. The number of hydrogen-bond donors (Lipinski definition) is 0. The quantitative estimate of drug-likeness (QED) is 0.625. The van der Waals surface area contributed by atoms with Crippen LogP contribution in [0.15, 0.2) is 24.3 Å². The molecule has 1 unspecified atom stereocenters. The summed E-state index contributed by atoms with van der Waals surface area (Å²) in [6, 6.07) is 0. The lowest BCUT2D eigenvalue weighted by atomic mass is 10.3. The van der Waals surface area contributed by atoms with Crippen molar-refractivity contribution in [3.05, 3.63) is 24.3 Å². The molecule has 0 N–H and O–H groups in total. The first-order chi connectivity index (χ1) is 6.06. The number of rotatable bonds is 4. The van der Waals surface area contributed by atoms with E-state index in [0.29, 0.717) is 11.6 Å². The molecule has 1 aliphatic carbocycles. The van der Waals surface area contributed by atoms with Gasteiger partial charge in [-0.3, -0.25) is 0 Å². The molecule has 13 heavy (non-hydrogen) atoms. The van der Waals surface area contributed by atoms with Crippen molar-refractivity contribution in [3.63, 3.8) is 0 Å². The Bertz CT molecular complexity index is 206. The van der Waals surface area contributed by atoms with E-state index in [-0.39, 0.29) is 0 Å². The molecule has 0 heterocycles. The average molecular weight is 196 g/mol. The predicted molar refractivity (Wildman–Crippen MR) is 60.4 cm³/mol. The second kappa shape index (κ2) is 4.25. The highest BCUT2D eigenvalue weighted by Crippen LogP contribution is 2.30. The van der Waals surface area contributed by atoms with Gasteiger partial charge in [0.25, 0.3) is 0 Å². The Labute approximate surface area is 82.6 Å². The van der Waals surface area contributed by atoms with Crippen LogP contribution in [0.5, 0.6) is 0 Å². The molecular formula is C11H20OSi. The molecule has 0 aromatic rings. The van der Waals surface area contributed by atoms with E-state index in [4.69, 9.17) is 4.43 Å². The maximum Gasteiger partial charge on any atom is 0.197 e. The Morgan fingerprint density at radius 2 is 1.85 bits per heavy atom. The lowest BCUT2D eigenvalue weighted by Gasteiger charge is -2.30. The molecule has 74 valence electrons. The first kappa shape index (κ1) is 10.7. The molecule has 0 amide bonds. The Hall–Kier alpha value is -0.343. The van der Waals surface area contributed by atoms with Crippen molar-refractivity contribution in [2.75, 3.05) is 0 Å². The molecule has 0 bridgehead atoms. The van der Waals surface area contributed by atoms with Crippen LogP contribution in [0.4, 0.5) is 0 Å². The molecule has 0 spiro atoms. The zero-order valence-electron chi connectivity index (χ0n) is 9.08. The van der Waals surface area contributed by atoms with Crippen LogP contribution in [0.1, 0.15) is 20.3 Å². The van der Waals surface area contributed by atoms with Crippen molar-refractivity contribution >= 4 is 8.32 Å². The van der Waals surface area contributed by atoms with Crippen LogP contribution in [0.25, 0.3) is 0 Å². The summed E-state index contributed by atoms with van der Waals surface area (Å²) in [6.07, 6.45) is 10.3. The molecule has 0 fully saturated rings. The maximum absolute atomic E-state index is 6.11. The SMILES string of the molecule is CCC(C)O[Si](C)(C)C1C=CC=C1. The summed E-state index contributed by atoms with van der Waals surface area (Å²) >= 11 is 0. The summed E-state index contributed by atoms with van der Waals surface area (Å²) in [7, 11) is -1.53. The maximum atomic E-state index is 6.11. The van der Waals surface area contributed by atoms with Crippen molar-refractivity contribution in [2.24, 2.45) is 0 Å². The third kappa shape index (κ3) is 2.81. The molecule has 0 saturated carbocycles. The molecule has 1 nitrogen and oxygen atoms in total. The van der Waals surface area contributed by atoms with Gasteiger partial charge in [0.05, 0.1) is 0 Å². The van der Waals surface area contributed by atoms with Gasteiger partial charge < -0.3 is 4.43 Å². The third-order valence-electron chi connectivity index (χ3n) is 2.63. The van der Waals surface area contributed by atoms with E-state index >= 15 is 0 Å². The second-order valence-electron chi connectivity index (χ2n) is 4.24. The van der Waals surface area contributed by atoms with Crippen LogP contribution < -0.4 is 0 Å². The number of allylic oxidation sites excluding steroid dienone is 4. The number of hydrogen-bond acceptors (Lipinski definition) is 1. The van der Waals surface area contributed by atoms with Gasteiger partial charge in [-0.15, -0.1) is 0 Å². The molecule has 1 rings (SSSR count). The van der Waals surface area contributed by atoms with Gasteiger partial charge in [-0.25, -0.2) is 0 Å². The molecule has 2 heteroatoms. The second-order valence-corrected chi connectivity index (χ2v) is 8.35. The largest absolute Gasteiger partial charge is 0.414 e. The minimum atomic E-state index is -1.53. The fraction of sp³-hybridized carbons (Fsp3) is 0.636. The summed E-state index contributed by atoms with van der Waals surface area (Å²) < 4.78 is 6.11. The lowest BCUT2D eigenvalue weighted by molar-refractivity contribution is 0.205. The molecule has 1 atom stereocenters. The minimum absolute atomic E-state index is 0.407. The highest BCUT2D eigenvalue weighted by Gasteiger charge is 2.32. The summed E-state index contributed by atoms with van der Waals surface area (Å²) in [5.41, 5.74) is 0.571. The van der Waals surface area contributed by atoms with Gasteiger partial charge >= 0.3 is 0 Å². The Morgan fingerprint density at radius 3 is 2.31 bits per heavy atom. The molecule has 0 radical (unpaired) electrons. The van der Waals surface area contributed by atoms with Gasteiger partial charge in [-0.2, -0.15) is 0 Å². The van der Waals surface area contributed by atoms with Crippen LogP contribution in [0, 0.1) is 0 Å². The van der Waals surface area contributed by atoms with Crippen LogP contribution in [-0.4, -0.2) is 14.4 Å². The van der Waals surface area contributed by atoms with Crippen molar-refractivity contribution in [2.45, 2.75) is 45.0 Å². The van der Waals surface area contributed by atoms with Crippen molar-refractivity contribution in [3.8, 4) is 0 Å². The van der Waals surface area contributed by atoms with E-state index in [0.717, 1.165) is 6.42 Å². The van der Waals surface area contributed by atoms with E-state index in [1.807, 2.05) is 0 Å². The van der Waals surface area contributed by atoms with Crippen molar-refractivity contribution < 1.29 is 4.43 Å². The smallest absolute Gasteiger partial charge is 0.197 e. The van der Waals surface area contributed by atoms with Gasteiger partial charge in [0.1, 0.15) is 0 Å². The molecule has 0 saturated heterocycles. The Morgan fingerprint density at radius 1 is 1.31 bits per heavy atom. The fourth-order valence-electron chi connectivity index (χ4n) is 1.58. The van der Waals surface area contributed by atoms with Gasteiger partial charge in [-0.05, 0) is 26.4 Å². The van der Waals surface area contributed by atoms with E-state index in [9.17, 15) is 0 Å². The Balaban J connectivity index is 2.54. The Kier molecular flexibility index (Phi) is 3.51. The topological polar surface area (TPSA) is 9.23 Å². The zero-order valence-corrected chi connectivity index (χ0v) is 10.1. The summed E-state index contributed by atoms with van der Waals surface area (Å²) in [6.45, 7) is 8.93. The summed E-state index contributed by atoms with van der Waals surface area (Å²) in [5.74, 6) is 0. The fourth-order valence-corrected chi connectivity index (χ4v) is 4.09. The van der Waals surface area contributed by atoms with Crippen LogP contribution in [0.2, 0.25) is 18.6 Å². The first-order valence-electron chi connectivity index (χ1n) is 5.09. The van der Waals surface area contributed by atoms with Gasteiger partial charge in [-0.1, -0.05) is 31.2 Å². The highest BCUT2D eigenvalue weighted by atomic mass is 28.4. The van der Waals surface area contributed by atoms with Crippen molar-refractivity contribution in [1.82, 2.24) is 0 Å². The lowest BCUT2D eigenvalue weighted by Crippen LogP contribution is -2.37. The molecule has 0 aromatic heterocycles. The summed E-state index contributed by atoms with van der Waals surface area (Å²) in [5, 5.41) is 0. The molecule has 0 aliphatic heterocycles. The first-order valence-corrected chi connectivity index (χ1v) is 8.07. The predicted octanol–water partition coefficient (Wildman–Crippen LogP) is 3.50. The minimum Gasteiger partial charge on any atom is -0.414 e. The normalized spacial score (nSPS) is 19.7. The molecular weight excluding hydrogens is 176 g/mol. The van der Waals surface area contributed by atoms with E-state index in [1.165, 1.54) is 0 Å². The van der Waals surface area contributed by atoms with E-state index in [1.54, 1.807) is 0 Å². The average Bonchev–Trinajstić information content (AvgIpc) is 2.55. The standard InChI is InChI=1S/C11H20OSi/c1-5-10(2)12-13(3,4)11-8-6-7-9-11/h6-11H,5H2,1-4H3. The highest BCUT2D eigenvalue weighted by molar-refractivity contribution is 6.73. The van der Waals surface area contributed by atoms with E-state index in [2.05, 4.69) is 51.2 Å². The van der Waals surface area contributed by atoms with Gasteiger partial charge in [0.2, 0.25) is 0 Å². The van der Waals surface area contributed by atoms with E-state index < -0.39 is 8.32 Å². The zero-order chi connectivity index (χ0) is 9.90. The molecule has 0 aromatic carbocycles.